The highest BCUT2D eigenvalue weighted by molar-refractivity contribution is 7.90. The van der Waals surface area contributed by atoms with Gasteiger partial charge in [-0.25, -0.2) is 17.2 Å². The molecule has 1 amide bonds. The zero-order valence-corrected chi connectivity index (χ0v) is 18.5. The number of aromatic nitrogens is 1. The molecule has 0 spiro atoms. The molecule has 0 radical (unpaired) electrons. The lowest BCUT2D eigenvalue weighted by atomic mass is 10.1. The Morgan fingerprint density at radius 3 is 2.37 bits per heavy atom. The van der Waals surface area contributed by atoms with Crippen LogP contribution in [0.15, 0.2) is 53.6 Å². The first-order valence-corrected chi connectivity index (χ1v) is 10.9. The second-order valence-electron chi connectivity index (χ2n) is 8.01. The van der Waals surface area contributed by atoms with Crippen molar-refractivity contribution < 1.29 is 22.7 Å². The Kier molecular flexibility index (Phi) is 5.81. The van der Waals surface area contributed by atoms with Gasteiger partial charge in [0.05, 0.1) is 17.5 Å². The minimum Gasteiger partial charge on any atom is -0.497 e. The van der Waals surface area contributed by atoms with E-state index in [1.807, 2.05) is 6.92 Å². The average Bonchev–Trinajstić information content (AvgIpc) is 3.04. The molecule has 0 fully saturated rings. The van der Waals surface area contributed by atoms with Gasteiger partial charge in [0.15, 0.2) is 0 Å². The highest BCUT2D eigenvalue weighted by Crippen LogP contribution is 2.29. The summed E-state index contributed by atoms with van der Waals surface area (Å²) in [5, 5.41) is 3.35. The molecule has 0 aliphatic carbocycles. The molecule has 3 aromatic rings. The molecule has 0 unspecified atom stereocenters. The summed E-state index contributed by atoms with van der Waals surface area (Å²) in [7, 11) is -2.28. The standard InChI is InChI=1S/C22H26N2O5S/c1-15-6-9-18(10-7-15)30(26,27)24-14-16(13-23-21(25)29-22(2,3)4)19-12-17(28-5)8-11-20(19)24/h6-12,14H,13H2,1-5H3,(H,23,25). The molecule has 0 aliphatic heterocycles. The van der Waals surface area contributed by atoms with Crippen LogP contribution in [0.2, 0.25) is 0 Å². The van der Waals surface area contributed by atoms with Crippen LogP contribution >= 0.6 is 0 Å². The highest BCUT2D eigenvalue weighted by Gasteiger charge is 2.22. The number of rotatable bonds is 5. The van der Waals surface area contributed by atoms with E-state index in [2.05, 4.69) is 5.32 Å². The van der Waals surface area contributed by atoms with Gasteiger partial charge in [0, 0.05) is 18.1 Å². The van der Waals surface area contributed by atoms with Crippen molar-refractivity contribution in [1.29, 1.82) is 0 Å². The number of methoxy groups -OCH3 is 1. The van der Waals surface area contributed by atoms with Crippen LogP contribution in [0.1, 0.15) is 31.9 Å². The van der Waals surface area contributed by atoms with E-state index in [9.17, 15) is 13.2 Å². The molecule has 30 heavy (non-hydrogen) atoms. The Bertz CT molecular complexity index is 1170. The molecule has 1 N–H and O–H groups in total. The van der Waals surface area contributed by atoms with Gasteiger partial charge in [0.1, 0.15) is 11.4 Å². The minimum atomic E-state index is -3.82. The smallest absolute Gasteiger partial charge is 0.407 e. The van der Waals surface area contributed by atoms with E-state index in [0.29, 0.717) is 22.2 Å². The quantitative estimate of drug-likeness (QED) is 0.655. The highest BCUT2D eigenvalue weighted by atomic mass is 32.2. The van der Waals surface area contributed by atoms with Crippen LogP contribution in [0.5, 0.6) is 5.75 Å². The van der Waals surface area contributed by atoms with Crippen molar-refractivity contribution in [3.8, 4) is 5.75 Å². The maximum Gasteiger partial charge on any atom is 0.407 e. The van der Waals surface area contributed by atoms with E-state index >= 15 is 0 Å². The molecule has 7 nitrogen and oxygen atoms in total. The summed E-state index contributed by atoms with van der Waals surface area (Å²) in [5.74, 6) is 0.589. The van der Waals surface area contributed by atoms with Gasteiger partial charge in [-0.1, -0.05) is 17.7 Å². The van der Waals surface area contributed by atoms with E-state index in [-0.39, 0.29) is 11.4 Å². The molecule has 8 heteroatoms. The summed E-state index contributed by atoms with van der Waals surface area (Å²) in [6.07, 6.45) is 0.948. The first-order chi connectivity index (χ1) is 14.0. The monoisotopic (exact) mass is 430 g/mol. The lowest BCUT2D eigenvalue weighted by molar-refractivity contribution is 0.0524. The summed E-state index contributed by atoms with van der Waals surface area (Å²) in [6, 6.07) is 11.8. The second-order valence-corrected chi connectivity index (χ2v) is 9.82. The molecule has 0 saturated carbocycles. The Morgan fingerprint density at radius 2 is 1.77 bits per heavy atom. The number of carbonyl (C=O) groups excluding carboxylic acids is 1. The van der Waals surface area contributed by atoms with Gasteiger partial charge in [-0.15, -0.1) is 0 Å². The lowest BCUT2D eigenvalue weighted by Gasteiger charge is -2.19. The maximum absolute atomic E-state index is 13.3. The van der Waals surface area contributed by atoms with Crippen molar-refractivity contribution in [3.05, 3.63) is 59.8 Å². The zero-order chi connectivity index (χ0) is 22.1. The van der Waals surface area contributed by atoms with Crippen LogP contribution in [0, 0.1) is 6.92 Å². The summed E-state index contributed by atoms with van der Waals surface area (Å²) in [4.78, 5) is 12.3. The molecular formula is C22H26N2O5S. The number of amides is 1. The number of aryl methyl sites for hydroxylation is 1. The number of nitrogens with one attached hydrogen (secondary N) is 1. The molecule has 0 saturated heterocycles. The fraction of sp³-hybridized carbons (Fsp3) is 0.318. The van der Waals surface area contributed by atoms with Crippen molar-refractivity contribution >= 4 is 27.0 Å². The third kappa shape index (κ3) is 4.59. The third-order valence-electron chi connectivity index (χ3n) is 4.46. The van der Waals surface area contributed by atoms with Crippen LogP contribution in [-0.2, 0) is 21.3 Å². The number of alkyl carbamates (subject to hydrolysis) is 1. The first kappa shape index (κ1) is 21.7. The van der Waals surface area contributed by atoms with E-state index < -0.39 is 21.7 Å². The Labute approximate surface area is 176 Å². The van der Waals surface area contributed by atoms with Crippen molar-refractivity contribution in [1.82, 2.24) is 9.29 Å². The van der Waals surface area contributed by atoms with Crippen molar-refractivity contribution in [2.45, 2.75) is 44.7 Å². The van der Waals surface area contributed by atoms with Gasteiger partial charge in [0.2, 0.25) is 0 Å². The fourth-order valence-electron chi connectivity index (χ4n) is 3.02. The Morgan fingerprint density at radius 1 is 1.10 bits per heavy atom. The normalized spacial score (nSPS) is 12.0. The van der Waals surface area contributed by atoms with Gasteiger partial charge in [-0.3, -0.25) is 0 Å². The van der Waals surface area contributed by atoms with E-state index in [1.165, 1.54) is 10.2 Å². The lowest BCUT2D eigenvalue weighted by Crippen LogP contribution is -2.32. The molecular weight excluding hydrogens is 404 g/mol. The van der Waals surface area contributed by atoms with E-state index in [4.69, 9.17) is 9.47 Å². The molecule has 160 valence electrons. The van der Waals surface area contributed by atoms with E-state index in [1.54, 1.807) is 70.3 Å². The topological polar surface area (TPSA) is 86.6 Å². The van der Waals surface area contributed by atoms with Gasteiger partial charge in [-0.2, -0.15) is 0 Å². The molecule has 0 aliphatic rings. The number of carbonyl (C=O) groups is 1. The van der Waals surface area contributed by atoms with Crippen LogP contribution in [0.25, 0.3) is 10.9 Å². The van der Waals surface area contributed by atoms with Gasteiger partial charge in [-0.05, 0) is 63.6 Å². The maximum atomic E-state index is 13.3. The van der Waals surface area contributed by atoms with Crippen molar-refractivity contribution in [2.75, 3.05) is 7.11 Å². The van der Waals surface area contributed by atoms with Gasteiger partial charge in [0.25, 0.3) is 10.0 Å². The molecule has 1 aromatic heterocycles. The molecule has 1 heterocycles. The average molecular weight is 431 g/mol. The Hall–Kier alpha value is -3.00. The molecule has 0 bridgehead atoms. The van der Waals surface area contributed by atoms with Gasteiger partial charge < -0.3 is 14.8 Å². The molecule has 3 rings (SSSR count). The van der Waals surface area contributed by atoms with Gasteiger partial charge >= 0.3 is 6.09 Å². The summed E-state index contributed by atoms with van der Waals surface area (Å²) in [6.45, 7) is 7.33. The molecule has 0 atom stereocenters. The third-order valence-corrected chi connectivity index (χ3v) is 6.15. The number of hydrogen-bond donors (Lipinski definition) is 1. The predicted octanol–water partition coefficient (Wildman–Crippen LogP) is 4.22. The summed E-state index contributed by atoms with van der Waals surface area (Å²) in [5.41, 5.74) is 1.47. The predicted molar refractivity (Wildman–Crippen MR) is 115 cm³/mol. The number of fused-ring (bicyclic) bond motifs is 1. The SMILES string of the molecule is COc1ccc2c(c1)c(CNC(=O)OC(C)(C)C)cn2S(=O)(=O)c1ccc(C)cc1. The largest absolute Gasteiger partial charge is 0.497 e. The zero-order valence-electron chi connectivity index (χ0n) is 17.7. The molecule has 2 aromatic carbocycles. The minimum absolute atomic E-state index is 0.106. The van der Waals surface area contributed by atoms with Crippen LogP contribution in [0.4, 0.5) is 4.79 Å². The number of nitrogens with zero attached hydrogens (tertiary/aromatic N) is 1. The Balaban J connectivity index is 2.04. The second kappa shape index (κ2) is 8.02. The number of hydrogen-bond acceptors (Lipinski definition) is 5. The van der Waals surface area contributed by atoms with Crippen molar-refractivity contribution in [2.24, 2.45) is 0 Å². The van der Waals surface area contributed by atoms with Crippen LogP contribution in [-0.4, -0.2) is 31.2 Å². The van der Waals surface area contributed by atoms with E-state index in [0.717, 1.165) is 5.56 Å². The first-order valence-electron chi connectivity index (χ1n) is 9.48. The number of ether oxygens (including phenoxy) is 2. The van der Waals surface area contributed by atoms with Crippen LogP contribution < -0.4 is 10.1 Å². The van der Waals surface area contributed by atoms with Crippen molar-refractivity contribution in [3.63, 3.8) is 0 Å². The van der Waals surface area contributed by atoms with Crippen LogP contribution in [0.3, 0.4) is 0 Å². The summed E-state index contributed by atoms with van der Waals surface area (Å²) < 4.78 is 38.3. The number of benzene rings is 2. The fourth-order valence-corrected chi connectivity index (χ4v) is 4.41. The summed E-state index contributed by atoms with van der Waals surface area (Å²) >= 11 is 0.